The van der Waals surface area contributed by atoms with E-state index in [-0.39, 0.29) is 0 Å². The van der Waals surface area contributed by atoms with Gasteiger partial charge in [0.2, 0.25) is 0 Å². The first-order valence-electron chi connectivity index (χ1n) is 11.3. The molecular weight excluding hydrogens is 416 g/mol. The molecule has 3 aromatic heterocycles. The average molecular weight is 443 g/mol. The van der Waals surface area contributed by atoms with Crippen LogP contribution < -0.4 is 10.6 Å². The summed E-state index contributed by atoms with van der Waals surface area (Å²) >= 11 is 0. The van der Waals surface area contributed by atoms with Gasteiger partial charge in [0.1, 0.15) is 0 Å². The maximum absolute atomic E-state index is 11.8. The summed E-state index contributed by atoms with van der Waals surface area (Å²) in [5, 5.41) is 5.43. The number of amides is 1. The lowest BCUT2D eigenvalue weighted by Crippen LogP contribution is -2.63. The second-order valence-corrected chi connectivity index (χ2v) is 8.96. The van der Waals surface area contributed by atoms with E-state index in [0.717, 1.165) is 67.1 Å². The Balaban J connectivity index is 1.28. The molecule has 1 aromatic carbocycles. The maximum Gasteiger partial charge on any atom is 0.250 e. The van der Waals surface area contributed by atoms with Crippen LogP contribution in [0.2, 0.25) is 0 Å². The molecule has 1 amide bonds. The first-order valence-corrected chi connectivity index (χ1v) is 11.3. The molecule has 2 aliphatic rings. The van der Waals surface area contributed by atoms with Crippen molar-refractivity contribution in [1.29, 1.82) is 0 Å². The Morgan fingerprint density at radius 1 is 1.03 bits per heavy atom. The van der Waals surface area contributed by atoms with Crippen molar-refractivity contribution in [3.8, 4) is 11.1 Å². The van der Waals surface area contributed by atoms with Crippen molar-refractivity contribution in [2.75, 3.05) is 51.2 Å². The van der Waals surface area contributed by atoms with Gasteiger partial charge in [-0.3, -0.25) is 14.7 Å². The third kappa shape index (κ3) is 3.40. The molecule has 0 unspecified atom stereocenters. The van der Waals surface area contributed by atoms with Crippen molar-refractivity contribution in [3.63, 3.8) is 0 Å². The molecule has 168 valence electrons. The van der Waals surface area contributed by atoms with Crippen LogP contribution in [0, 0.1) is 0 Å². The van der Waals surface area contributed by atoms with Gasteiger partial charge in [0.05, 0.1) is 35.4 Å². The predicted molar refractivity (Wildman–Crippen MR) is 127 cm³/mol. The van der Waals surface area contributed by atoms with Gasteiger partial charge in [0.25, 0.3) is 5.91 Å². The highest BCUT2D eigenvalue weighted by Crippen LogP contribution is 2.32. The van der Waals surface area contributed by atoms with Crippen molar-refractivity contribution in [3.05, 3.63) is 54.6 Å². The molecule has 0 radical (unpaired) electrons. The summed E-state index contributed by atoms with van der Waals surface area (Å²) in [7, 11) is 2.19. The lowest BCUT2D eigenvalue weighted by Gasteiger charge is -2.48. The highest BCUT2D eigenvalue weighted by Gasteiger charge is 2.33. The Hall–Kier alpha value is -3.56. The van der Waals surface area contributed by atoms with Crippen molar-refractivity contribution in [2.24, 2.45) is 5.73 Å². The van der Waals surface area contributed by atoms with Crippen LogP contribution in [0.15, 0.2) is 49.1 Å². The van der Waals surface area contributed by atoms with E-state index in [1.807, 2.05) is 41.3 Å². The van der Waals surface area contributed by atoms with Crippen LogP contribution in [-0.2, 0) is 0 Å². The van der Waals surface area contributed by atoms with Crippen LogP contribution in [0.1, 0.15) is 10.4 Å². The first-order chi connectivity index (χ1) is 16.1. The number of primary amides is 1. The Bertz CT molecular complexity index is 1350. The minimum Gasteiger partial charge on any atom is -0.366 e. The van der Waals surface area contributed by atoms with Gasteiger partial charge in [0, 0.05) is 62.5 Å². The molecule has 4 aromatic rings. The lowest BCUT2D eigenvalue weighted by atomic mass is 10.0. The lowest BCUT2D eigenvalue weighted by molar-refractivity contribution is 0.0963. The van der Waals surface area contributed by atoms with Crippen molar-refractivity contribution in [1.82, 2.24) is 29.4 Å². The molecule has 5 heterocycles. The Kier molecular flexibility index (Phi) is 4.74. The second-order valence-electron chi connectivity index (χ2n) is 8.96. The number of benzene rings is 1. The van der Waals surface area contributed by atoms with Gasteiger partial charge in [-0.1, -0.05) is 12.1 Å². The topological polar surface area (TPSA) is 95.9 Å². The summed E-state index contributed by atoms with van der Waals surface area (Å²) in [5.41, 5.74) is 10.2. The van der Waals surface area contributed by atoms with Crippen LogP contribution in [0.5, 0.6) is 0 Å². The molecule has 2 aliphatic heterocycles. The zero-order valence-corrected chi connectivity index (χ0v) is 18.6. The molecule has 9 nitrogen and oxygen atoms in total. The minimum absolute atomic E-state index is 0.411. The van der Waals surface area contributed by atoms with Gasteiger partial charge in [-0.25, -0.2) is 9.50 Å². The number of nitrogens with zero attached hydrogens (tertiary/aromatic N) is 7. The summed E-state index contributed by atoms with van der Waals surface area (Å²) in [4.78, 5) is 28.3. The average Bonchev–Trinajstić information content (AvgIpc) is 3.21. The number of aromatic nitrogens is 4. The molecule has 33 heavy (non-hydrogen) atoms. The number of pyridine rings is 1. The van der Waals surface area contributed by atoms with Gasteiger partial charge < -0.3 is 15.5 Å². The van der Waals surface area contributed by atoms with Crippen molar-refractivity contribution >= 4 is 28.1 Å². The van der Waals surface area contributed by atoms with Crippen molar-refractivity contribution < 1.29 is 4.79 Å². The minimum atomic E-state index is -0.489. The fourth-order valence-electron chi connectivity index (χ4n) is 4.91. The largest absolute Gasteiger partial charge is 0.366 e. The summed E-state index contributed by atoms with van der Waals surface area (Å²) in [6, 6.07) is 8.01. The van der Waals surface area contributed by atoms with Crippen molar-refractivity contribution in [2.45, 2.75) is 6.04 Å². The molecule has 2 saturated heterocycles. The molecule has 0 atom stereocenters. The number of hydrogen-bond acceptors (Lipinski definition) is 7. The van der Waals surface area contributed by atoms with Gasteiger partial charge in [-0.2, -0.15) is 5.10 Å². The fourth-order valence-corrected chi connectivity index (χ4v) is 4.91. The zero-order valence-electron chi connectivity index (χ0n) is 18.6. The smallest absolute Gasteiger partial charge is 0.250 e. The van der Waals surface area contributed by atoms with Gasteiger partial charge in [0.15, 0.2) is 5.65 Å². The molecule has 0 spiro atoms. The number of carbonyl (C=O) groups is 1. The van der Waals surface area contributed by atoms with E-state index in [0.29, 0.717) is 17.1 Å². The number of likely N-dealkylation sites (N-methyl/N-ethyl adjacent to an activating group) is 1. The standard InChI is InChI=1S/C24H26N8O/c1-29-7-9-30(10-8-29)17-13-31(14-17)16-11-27-24-21(12-28-32(24)15-16)18-5-6-26-22-19(18)3-2-4-20(22)23(25)33/h2-6,11-12,15,17H,7-10,13-14H2,1H3,(H2,25,33). The van der Waals surface area contributed by atoms with E-state index in [1.165, 1.54) is 0 Å². The molecule has 0 saturated carbocycles. The predicted octanol–water partition coefficient (Wildman–Crippen LogP) is 1.48. The normalized spacial score (nSPS) is 18.2. The highest BCUT2D eigenvalue weighted by molar-refractivity contribution is 6.08. The van der Waals surface area contributed by atoms with E-state index >= 15 is 0 Å². The van der Waals surface area contributed by atoms with Crippen LogP contribution in [0.4, 0.5) is 5.69 Å². The maximum atomic E-state index is 11.8. The number of para-hydroxylation sites is 1. The molecule has 6 rings (SSSR count). The van der Waals surface area contributed by atoms with Gasteiger partial charge >= 0.3 is 0 Å². The molecule has 2 N–H and O–H groups in total. The number of anilines is 1. The third-order valence-electron chi connectivity index (χ3n) is 6.95. The number of hydrogen-bond donors (Lipinski definition) is 1. The molecule has 2 fully saturated rings. The van der Waals surface area contributed by atoms with E-state index in [2.05, 4.69) is 31.8 Å². The summed E-state index contributed by atoms with van der Waals surface area (Å²) < 4.78 is 1.83. The van der Waals surface area contributed by atoms with E-state index in [1.54, 1.807) is 12.3 Å². The number of piperazine rings is 1. The highest BCUT2D eigenvalue weighted by atomic mass is 16.1. The second kappa shape index (κ2) is 7.79. The SMILES string of the molecule is CN1CCN(C2CN(c3cnc4c(-c5ccnc6c(C(N)=O)cccc56)cnn4c3)C2)CC1. The third-order valence-corrected chi connectivity index (χ3v) is 6.95. The van der Waals surface area contributed by atoms with Crippen LogP contribution in [0.3, 0.4) is 0 Å². The Labute approximate surface area is 191 Å². The van der Waals surface area contributed by atoms with E-state index in [4.69, 9.17) is 10.7 Å². The van der Waals surface area contributed by atoms with Gasteiger partial charge in [-0.05, 0) is 24.7 Å². The Morgan fingerprint density at radius 2 is 1.85 bits per heavy atom. The number of rotatable bonds is 4. The van der Waals surface area contributed by atoms with E-state index < -0.39 is 5.91 Å². The monoisotopic (exact) mass is 442 g/mol. The molecule has 0 bridgehead atoms. The zero-order chi connectivity index (χ0) is 22.5. The van der Waals surface area contributed by atoms with Crippen LogP contribution in [-0.4, -0.2) is 87.6 Å². The summed E-state index contributed by atoms with van der Waals surface area (Å²) in [6.45, 7) is 6.62. The fraction of sp³-hybridized carbons (Fsp3) is 0.333. The number of carbonyl (C=O) groups excluding carboxylic acids is 1. The number of nitrogens with two attached hydrogens (primary N) is 1. The number of fused-ring (bicyclic) bond motifs is 2. The van der Waals surface area contributed by atoms with Gasteiger partial charge in [-0.15, -0.1) is 0 Å². The summed E-state index contributed by atoms with van der Waals surface area (Å²) in [5.74, 6) is -0.489. The van der Waals surface area contributed by atoms with E-state index in [9.17, 15) is 4.79 Å². The van der Waals surface area contributed by atoms with Crippen LogP contribution >= 0.6 is 0 Å². The van der Waals surface area contributed by atoms with Crippen LogP contribution in [0.25, 0.3) is 27.7 Å². The first kappa shape index (κ1) is 20.1. The molecule has 0 aliphatic carbocycles. The molecular formula is C24H26N8O. The molecule has 9 heteroatoms. The quantitative estimate of drug-likeness (QED) is 0.511. The Morgan fingerprint density at radius 3 is 2.64 bits per heavy atom. The summed E-state index contributed by atoms with van der Waals surface area (Å²) in [6.07, 6.45) is 7.49.